The molecule has 2 nitrogen and oxygen atoms in total. The second kappa shape index (κ2) is 7.38. The van der Waals surface area contributed by atoms with E-state index in [-0.39, 0.29) is 0 Å². The van der Waals surface area contributed by atoms with Gasteiger partial charge in [-0.2, -0.15) is 23.5 Å². The minimum Gasteiger partial charge on any atom is -0.271 e. The van der Waals surface area contributed by atoms with Crippen molar-refractivity contribution in [1.29, 1.82) is 0 Å². The number of fused-ring (bicyclic) bond motifs is 1. The number of hydrogen-bond acceptors (Lipinski definition) is 5. The third-order valence-corrected chi connectivity index (χ3v) is 8.53. The van der Waals surface area contributed by atoms with Crippen LogP contribution in [-0.4, -0.2) is 28.0 Å². The maximum atomic E-state index is 5.91. The standard InChI is InChI=1S/C16H22N2S3/c1-2-14-16(20-8-7-19-14)13(18-17)9-11-10-21-15-6-4-3-5-12(11)15/h3-6,10,13-14,16,18H,2,7-9,17H2,1H3. The zero-order valence-electron chi connectivity index (χ0n) is 12.2. The third-order valence-electron chi connectivity index (χ3n) is 4.11. The van der Waals surface area contributed by atoms with Crippen molar-refractivity contribution in [3.8, 4) is 0 Å². The number of thiophene rings is 1. The largest absolute Gasteiger partial charge is 0.271 e. The van der Waals surface area contributed by atoms with Gasteiger partial charge in [0.25, 0.3) is 0 Å². The van der Waals surface area contributed by atoms with Crippen LogP contribution in [0.3, 0.4) is 0 Å². The van der Waals surface area contributed by atoms with Crippen LogP contribution in [0.4, 0.5) is 0 Å². The Morgan fingerprint density at radius 1 is 1.29 bits per heavy atom. The number of hydrazine groups is 1. The minimum absolute atomic E-state index is 0.353. The van der Waals surface area contributed by atoms with E-state index in [4.69, 9.17) is 5.84 Å². The average molecular weight is 339 g/mol. The van der Waals surface area contributed by atoms with E-state index >= 15 is 0 Å². The number of nitrogens with one attached hydrogen (secondary N) is 1. The van der Waals surface area contributed by atoms with Crippen molar-refractivity contribution >= 4 is 44.9 Å². The van der Waals surface area contributed by atoms with Crippen molar-refractivity contribution in [2.75, 3.05) is 11.5 Å². The Balaban J connectivity index is 1.80. The van der Waals surface area contributed by atoms with Gasteiger partial charge < -0.3 is 0 Å². The Bertz CT molecular complexity index is 584. The zero-order chi connectivity index (χ0) is 14.7. The predicted octanol–water partition coefficient (Wildman–Crippen LogP) is 3.90. The van der Waals surface area contributed by atoms with Crippen LogP contribution in [0.15, 0.2) is 29.6 Å². The van der Waals surface area contributed by atoms with Gasteiger partial charge in [-0.3, -0.25) is 11.3 Å². The molecule has 21 heavy (non-hydrogen) atoms. The summed E-state index contributed by atoms with van der Waals surface area (Å²) in [5, 5.41) is 5.02. The van der Waals surface area contributed by atoms with Gasteiger partial charge in [0.2, 0.25) is 0 Å². The lowest BCUT2D eigenvalue weighted by Gasteiger charge is -2.35. The Kier molecular flexibility index (Phi) is 5.51. The first-order valence-electron chi connectivity index (χ1n) is 7.48. The van der Waals surface area contributed by atoms with Crippen LogP contribution < -0.4 is 11.3 Å². The van der Waals surface area contributed by atoms with E-state index in [0.29, 0.717) is 11.3 Å². The summed E-state index contributed by atoms with van der Waals surface area (Å²) >= 11 is 6.05. The minimum atomic E-state index is 0.353. The number of hydrogen-bond donors (Lipinski definition) is 2. The molecule has 0 saturated carbocycles. The lowest BCUT2D eigenvalue weighted by atomic mass is 10.0. The van der Waals surface area contributed by atoms with E-state index in [1.807, 2.05) is 11.3 Å². The molecule has 0 aliphatic carbocycles. The molecule has 0 amide bonds. The molecule has 1 aromatic carbocycles. The van der Waals surface area contributed by atoms with Crippen molar-refractivity contribution in [2.24, 2.45) is 5.84 Å². The van der Waals surface area contributed by atoms with Crippen molar-refractivity contribution in [3.05, 3.63) is 35.2 Å². The van der Waals surface area contributed by atoms with E-state index < -0.39 is 0 Å². The highest BCUT2D eigenvalue weighted by atomic mass is 32.2. The Labute approximate surface area is 139 Å². The molecule has 0 radical (unpaired) electrons. The summed E-state index contributed by atoms with van der Waals surface area (Å²) in [7, 11) is 0. The van der Waals surface area contributed by atoms with Crippen LogP contribution >= 0.6 is 34.9 Å². The molecule has 2 aromatic rings. The van der Waals surface area contributed by atoms with E-state index in [2.05, 4.69) is 65.5 Å². The molecule has 1 saturated heterocycles. The lowest BCUT2D eigenvalue weighted by molar-refractivity contribution is 0.492. The molecule has 5 heteroatoms. The number of nitrogens with two attached hydrogens (primary N) is 1. The lowest BCUT2D eigenvalue weighted by Crippen LogP contribution is -2.49. The highest BCUT2D eigenvalue weighted by Crippen LogP contribution is 2.37. The molecular weight excluding hydrogens is 316 g/mol. The van der Waals surface area contributed by atoms with Gasteiger partial charge in [-0.05, 0) is 35.2 Å². The van der Waals surface area contributed by atoms with Crippen LogP contribution in [0.2, 0.25) is 0 Å². The maximum absolute atomic E-state index is 5.91. The van der Waals surface area contributed by atoms with Gasteiger partial charge in [-0.1, -0.05) is 25.1 Å². The molecule has 1 aromatic heterocycles. The van der Waals surface area contributed by atoms with Crippen molar-refractivity contribution in [1.82, 2.24) is 5.43 Å². The van der Waals surface area contributed by atoms with Crippen LogP contribution in [-0.2, 0) is 6.42 Å². The fourth-order valence-corrected chi connectivity index (χ4v) is 7.23. The van der Waals surface area contributed by atoms with Crippen molar-refractivity contribution in [2.45, 2.75) is 36.3 Å². The highest BCUT2D eigenvalue weighted by molar-refractivity contribution is 8.07. The van der Waals surface area contributed by atoms with Crippen LogP contribution in [0, 0.1) is 0 Å². The second-order valence-corrected chi connectivity index (χ2v) is 8.93. The summed E-state index contributed by atoms with van der Waals surface area (Å²) in [6.45, 7) is 2.30. The normalized spacial score (nSPS) is 24.3. The summed E-state index contributed by atoms with van der Waals surface area (Å²) in [5.74, 6) is 8.43. The van der Waals surface area contributed by atoms with Crippen LogP contribution in [0.25, 0.3) is 10.1 Å². The summed E-state index contributed by atoms with van der Waals surface area (Å²) in [6, 6.07) is 9.03. The molecule has 2 heterocycles. The molecule has 114 valence electrons. The first-order valence-corrected chi connectivity index (χ1v) is 10.5. The fraction of sp³-hybridized carbons (Fsp3) is 0.500. The van der Waals surface area contributed by atoms with Gasteiger partial charge in [0, 0.05) is 32.7 Å². The summed E-state index contributed by atoms with van der Waals surface area (Å²) < 4.78 is 1.38. The van der Waals surface area contributed by atoms with Crippen LogP contribution in [0.5, 0.6) is 0 Å². The van der Waals surface area contributed by atoms with E-state index in [1.54, 1.807) is 0 Å². The number of benzene rings is 1. The van der Waals surface area contributed by atoms with Crippen molar-refractivity contribution in [3.63, 3.8) is 0 Å². The van der Waals surface area contributed by atoms with E-state index in [1.165, 1.54) is 33.6 Å². The third kappa shape index (κ3) is 3.42. The monoisotopic (exact) mass is 338 g/mol. The SMILES string of the molecule is CCC1SCCSC1C(Cc1csc2ccccc12)NN. The second-order valence-electron chi connectivity index (χ2n) is 5.39. The molecule has 3 N–H and O–H groups in total. The van der Waals surface area contributed by atoms with Gasteiger partial charge >= 0.3 is 0 Å². The zero-order valence-corrected chi connectivity index (χ0v) is 14.7. The Morgan fingerprint density at radius 2 is 2.10 bits per heavy atom. The first kappa shape index (κ1) is 15.7. The number of thioether (sulfide) groups is 2. The molecule has 3 rings (SSSR count). The molecule has 3 atom stereocenters. The van der Waals surface area contributed by atoms with Crippen LogP contribution in [0.1, 0.15) is 18.9 Å². The van der Waals surface area contributed by atoms with E-state index in [9.17, 15) is 0 Å². The van der Waals surface area contributed by atoms with E-state index in [0.717, 1.165) is 11.7 Å². The molecule has 0 bridgehead atoms. The summed E-state index contributed by atoms with van der Waals surface area (Å²) in [6.07, 6.45) is 2.25. The average Bonchev–Trinajstić information content (AvgIpc) is 2.95. The molecule has 3 unspecified atom stereocenters. The van der Waals surface area contributed by atoms with Gasteiger partial charge in [-0.25, -0.2) is 0 Å². The summed E-state index contributed by atoms with van der Waals surface area (Å²) in [4.78, 5) is 0. The maximum Gasteiger partial charge on any atom is 0.0380 e. The number of rotatable bonds is 5. The molecule has 1 aliphatic heterocycles. The van der Waals surface area contributed by atoms with Gasteiger partial charge in [0.05, 0.1) is 0 Å². The Morgan fingerprint density at radius 3 is 2.90 bits per heavy atom. The Hall–Kier alpha value is -0.200. The van der Waals surface area contributed by atoms with Gasteiger partial charge in [-0.15, -0.1) is 11.3 Å². The predicted molar refractivity (Wildman–Crippen MR) is 99.4 cm³/mol. The smallest absolute Gasteiger partial charge is 0.0380 e. The van der Waals surface area contributed by atoms with Gasteiger partial charge in [0.1, 0.15) is 0 Å². The summed E-state index contributed by atoms with van der Waals surface area (Å²) in [5.41, 5.74) is 4.54. The van der Waals surface area contributed by atoms with Gasteiger partial charge in [0.15, 0.2) is 0 Å². The van der Waals surface area contributed by atoms with Crippen molar-refractivity contribution < 1.29 is 0 Å². The topological polar surface area (TPSA) is 38.0 Å². The molecule has 0 spiro atoms. The molecular formula is C16H22N2S3. The fourth-order valence-electron chi connectivity index (χ4n) is 3.01. The quantitative estimate of drug-likeness (QED) is 0.640. The highest BCUT2D eigenvalue weighted by Gasteiger charge is 2.31. The molecule has 1 fully saturated rings. The molecule has 1 aliphatic rings. The first-order chi connectivity index (χ1) is 10.3.